The van der Waals surface area contributed by atoms with E-state index in [-0.39, 0.29) is 0 Å². The van der Waals surface area contributed by atoms with E-state index in [1.807, 2.05) is 17.9 Å². The van der Waals surface area contributed by atoms with Gasteiger partial charge in [-0.05, 0) is 37.6 Å². The molecule has 1 saturated heterocycles. The Morgan fingerprint density at radius 1 is 1.10 bits per heavy atom. The lowest BCUT2D eigenvalue weighted by Crippen LogP contribution is -2.22. The SMILES string of the molecule is Cc1ncccc1-c1nc(-c2ccc(C(F)(F)F)cc2)cc(N2CCC(O)C2)n1. The van der Waals surface area contributed by atoms with E-state index < -0.39 is 17.8 Å². The smallest absolute Gasteiger partial charge is 0.391 e. The van der Waals surface area contributed by atoms with Gasteiger partial charge in [-0.3, -0.25) is 4.98 Å². The summed E-state index contributed by atoms with van der Waals surface area (Å²) >= 11 is 0. The quantitative estimate of drug-likeness (QED) is 0.717. The van der Waals surface area contributed by atoms with Crippen LogP contribution in [0.25, 0.3) is 22.6 Å². The topological polar surface area (TPSA) is 62.1 Å². The molecule has 3 aromatic rings. The van der Waals surface area contributed by atoms with E-state index in [0.29, 0.717) is 42.4 Å². The lowest BCUT2D eigenvalue weighted by atomic mass is 10.1. The van der Waals surface area contributed by atoms with E-state index in [1.165, 1.54) is 12.1 Å². The highest BCUT2D eigenvalue weighted by Crippen LogP contribution is 2.32. The summed E-state index contributed by atoms with van der Waals surface area (Å²) in [6.45, 7) is 2.95. The maximum Gasteiger partial charge on any atom is 0.416 e. The molecule has 1 atom stereocenters. The van der Waals surface area contributed by atoms with E-state index in [1.54, 1.807) is 18.3 Å². The molecule has 1 aliphatic heterocycles. The number of nitrogens with zero attached hydrogens (tertiary/aromatic N) is 4. The number of β-amino-alcohol motifs (C(OH)–C–C–N with tert-alkyl or cyclic N) is 1. The Kier molecular flexibility index (Phi) is 4.96. The lowest BCUT2D eigenvalue weighted by Gasteiger charge is -2.19. The maximum atomic E-state index is 12.9. The third kappa shape index (κ3) is 4.07. The number of aryl methyl sites for hydroxylation is 1. The number of hydrogen-bond acceptors (Lipinski definition) is 5. The molecule has 5 nitrogen and oxygen atoms in total. The van der Waals surface area contributed by atoms with Crippen LogP contribution in [0.5, 0.6) is 0 Å². The van der Waals surface area contributed by atoms with Gasteiger partial charge in [0.15, 0.2) is 5.82 Å². The summed E-state index contributed by atoms with van der Waals surface area (Å²) in [6, 6.07) is 10.3. The summed E-state index contributed by atoms with van der Waals surface area (Å²) in [4.78, 5) is 15.5. The highest BCUT2D eigenvalue weighted by molar-refractivity contribution is 5.69. The van der Waals surface area contributed by atoms with Crippen molar-refractivity contribution >= 4 is 5.82 Å². The molecule has 4 rings (SSSR count). The predicted octanol–water partition coefficient (Wildman–Crippen LogP) is 4.10. The van der Waals surface area contributed by atoms with Crippen LogP contribution in [-0.2, 0) is 6.18 Å². The largest absolute Gasteiger partial charge is 0.416 e. The Hall–Kier alpha value is -3.00. The minimum Gasteiger partial charge on any atom is -0.391 e. The van der Waals surface area contributed by atoms with E-state index in [4.69, 9.17) is 0 Å². The number of rotatable bonds is 3. The molecule has 0 bridgehead atoms. The summed E-state index contributed by atoms with van der Waals surface area (Å²) in [6.07, 6.45) is -2.50. The van der Waals surface area contributed by atoms with Crippen LogP contribution in [0.1, 0.15) is 17.7 Å². The van der Waals surface area contributed by atoms with Gasteiger partial charge in [-0.1, -0.05) is 12.1 Å². The fourth-order valence-electron chi connectivity index (χ4n) is 3.37. The summed E-state index contributed by atoms with van der Waals surface area (Å²) < 4.78 is 38.7. The molecule has 0 spiro atoms. The van der Waals surface area contributed by atoms with Crippen LogP contribution >= 0.6 is 0 Å². The Labute approximate surface area is 165 Å². The number of alkyl halides is 3. The maximum absolute atomic E-state index is 12.9. The number of aromatic nitrogens is 3. The van der Waals surface area contributed by atoms with E-state index >= 15 is 0 Å². The number of aliphatic hydroxyl groups is 1. The van der Waals surface area contributed by atoms with Gasteiger partial charge in [0.1, 0.15) is 5.82 Å². The second kappa shape index (κ2) is 7.44. The Morgan fingerprint density at radius 2 is 1.86 bits per heavy atom. The van der Waals surface area contributed by atoms with E-state index in [2.05, 4.69) is 15.0 Å². The minimum absolute atomic E-state index is 0.428. The molecule has 1 fully saturated rings. The summed E-state index contributed by atoms with van der Waals surface area (Å²) in [7, 11) is 0. The Morgan fingerprint density at radius 3 is 2.48 bits per heavy atom. The molecular formula is C21H19F3N4O. The zero-order valence-electron chi connectivity index (χ0n) is 15.7. The number of pyridine rings is 1. The fraction of sp³-hybridized carbons (Fsp3) is 0.286. The standard InChI is InChI=1S/C21H19F3N4O/c1-13-17(3-2-9-25-13)20-26-18(11-19(27-20)28-10-8-16(29)12-28)14-4-6-15(7-5-14)21(22,23)24/h2-7,9,11,16,29H,8,10,12H2,1H3. The predicted molar refractivity (Wildman–Crippen MR) is 103 cm³/mol. The van der Waals surface area contributed by atoms with Gasteiger partial charge in [0.05, 0.1) is 17.4 Å². The zero-order valence-corrected chi connectivity index (χ0v) is 15.7. The minimum atomic E-state index is -4.39. The molecule has 150 valence electrons. The monoisotopic (exact) mass is 400 g/mol. The van der Waals surface area contributed by atoms with Gasteiger partial charge in [0.2, 0.25) is 0 Å². The van der Waals surface area contributed by atoms with Crippen LogP contribution in [-0.4, -0.2) is 39.3 Å². The fourth-order valence-corrected chi connectivity index (χ4v) is 3.37. The average molecular weight is 400 g/mol. The molecule has 3 heterocycles. The van der Waals surface area contributed by atoms with Crippen LogP contribution in [0.15, 0.2) is 48.7 Å². The molecule has 1 aliphatic rings. The number of aliphatic hydroxyl groups excluding tert-OH is 1. The van der Waals surface area contributed by atoms with Crippen LogP contribution in [0, 0.1) is 6.92 Å². The first-order valence-corrected chi connectivity index (χ1v) is 9.23. The first-order chi connectivity index (χ1) is 13.8. The van der Waals surface area contributed by atoms with Crippen molar-refractivity contribution in [2.45, 2.75) is 25.6 Å². The highest BCUT2D eigenvalue weighted by Gasteiger charge is 2.30. The summed E-state index contributed by atoms with van der Waals surface area (Å²) in [5.41, 5.74) is 1.88. The molecule has 8 heteroatoms. The molecule has 1 unspecified atom stereocenters. The van der Waals surface area contributed by atoms with Crippen molar-refractivity contribution in [2.75, 3.05) is 18.0 Å². The zero-order chi connectivity index (χ0) is 20.6. The second-order valence-corrected chi connectivity index (χ2v) is 7.03. The highest BCUT2D eigenvalue weighted by atomic mass is 19.4. The molecule has 1 aromatic carbocycles. The van der Waals surface area contributed by atoms with Crippen LogP contribution in [0.3, 0.4) is 0 Å². The van der Waals surface area contributed by atoms with E-state index in [0.717, 1.165) is 23.4 Å². The van der Waals surface area contributed by atoms with Gasteiger partial charge in [-0.25, -0.2) is 9.97 Å². The summed E-state index contributed by atoms with van der Waals surface area (Å²) in [5, 5.41) is 9.88. The number of halogens is 3. The van der Waals surface area contributed by atoms with Gasteiger partial charge in [0, 0.05) is 42.2 Å². The van der Waals surface area contributed by atoms with Crippen molar-refractivity contribution in [3.8, 4) is 22.6 Å². The normalized spacial score (nSPS) is 17.0. The first kappa shape index (κ1) is 19.3. The van der Waals surface area contributed by atoms with Crippen molar-refractivity contribution in [1.29, 1.82) is 0 Å². The third-order valence-electron chi connectivity index (χ3n) is 4.96. The molecule has 0 aliphatic carbocycles. The van der Waals surface area contributed by atoms with Gasteiger partial charge in [-0.2, -0.15) is 13.2 Å². The molecule has 0 saturated carbocycles. The van der Waals surface area contributed by atoms with Crippen LogP contribution in [0.2, 0.25) is 0 Å². The van der Waals surface area contributed by atoms with Crippen LogP contribution in [0.4, 0.5) is 19.0 Å². The average Bonchev–Trinajstić information content (AvgIpc) is 3.14. The van der Waals surface area contributed by atoms with Crippen molar-refractivity contribution in [1.82, 2.24) is 15.0 Å². The number of benzene rings is 1. The van der Waals surface area contributed by atoms with Gasteiger partial charge >= 0.3 is 6.18 Å². The number of hydrogen-bond donors (Lipinski definition) is 1. The van der Waals surface area contributed by atoms with E-state index in [9.17, 15) is 18.3 Å². The van der Waals surface area contributed by atoms with Crippen molar-refractivity contribution in [3.05, 3.63) is 59.9 Å². The van der Waals surface area contributed by atoms with Crippen molar-refractivity contribution < 1.29 is 18.3 Å². The molecule has 0 radical (unpaired) electrons. The van der Waals surface area contributed by atoms with Gasteiger partial charge in [0.25, 0.3) is 0 Å². The second-order valence-electron chi connectivity index (χ2n) is 7.03. The third-order valence-corrected chi connectivity index (χ3v) is 4.96. The molecule has 1 N–H and O–H groups in total. The molecular weight excluding hydrogens is 381 g/mol. The lowest BCUT2D eigenvalue weighted by molar-refractivity contribution is -0.137. The first-order valence-electron chi connectivity index (χ1n) is 9.23. The Bertz CT molecular complexity index is 1020. The van der Waals surface area contributed by atoms with Gasteiger partial charge in [-0.15, -0.1) is 0 Å². The number of anilines is 1. The van der Waals surface area contributed by atoms with Crippen molar-refractivity contribution in [3.63, 3.8) is 0 Å². The molecule has 29 heavy (non-hydrogen) atoms. The summed E-state index contributed by atoms with van der Waals surface area (Å²) in [5.74, 6) is 1.08. The molecule has 2 aromatic heterocycles. The Balaban J connectivity index is 1.80. The van der Waals surface area contributed by atoms with Crippen LogP contribution < -0.4 is 4.90 Å². The van der Waals surface area contributed by atoms with Crippen molar-refractivity contribution in [2.24, 2.45) is 0 Å². The van der Waals surface area contributed by atoms with Gasteiger partial charge < -0.3 is 10.0 Å². The molecule has 0 amide bonds.